The normalized spacial score (nSPS) is 8.92. The first-order valence-corrected chi connectivity index (χ1v) is 4.21. The molecule has 68 valence electrons. The Morgan fingerprint density at radius 1 is 1.50 bits per heavy atom. The van der Waals surface area contributed by atoms with Crippen molar-refractivity contribution < 1.29 is 4.58 Å². The number of allylic oxidation sites excluding steroid dienone is 1. The molecule has 0 aliphatic rings. The monoisotopic (exact) mass is 167 g/mol. The van der Waals surface area contributed by atoms with Crippen molar-refractivity contribution in [2.24, 2.45) is 0 Å². The van der Waals surface area contributed by atoms with Crippen LogP contribution in [-0.4, -0.2) is 36.5 Å². The minimum atomic E-state index is 0.950. The molecule has 0 saturated heterocycles. The van der Waals surface area contributed by atoms with Crippen LogP contribution in [0, 0.1) is 0 Å². The summed E-state index contributed by atoms with van der Waals surface area (Å²) >= 11 is 0. The summed E-state index contributed by atoms with van der Waals surface area (Å²) < 4.78 is 2.00. The van der Waals surface area contributed by atoms with Crippen molar-refractivity contribution in [3.63, 3.8) is 0 Å². The molecule has 0 rings (SSSR count). The first kappa shape index (κ1) is 11.0. The molecular weight excluding hydrogens is 148 g/mol. The van der Waals surface area contributed by atoms with E-state index in [1.165, 1.54) is 0 Å². The molecule has 0 atom stereocenters. The zero-order chi connectivity index (χ0) is 9.56. The van der Waals surface area contributed by atoms with E-state index >= 15 is 0 Å². The van der Waals surface area contributed by atoms with E-state index in [4.69, 9.17) is 0 Å². The third-order valence-corrected chi connectivity index (χ3v) is 1.44. The fourth-order valence-electron chi connectivity index (χ4n) is 0.912. The lowest BCUT2D eigenvalue weighted by Gasteiger charge is -2.11. The van der Waals surface area contributed by atoms with E-state index in [0.29, 0.717) is 0 Å². The summed E-state index contributed by atoms with van der Waals surface area (Å²) in [6.45, 7) is 10.7. The van der Waals surface area contributed by atoms with Crippen LogP contribution in [0.25, 0.3) is 0 Å². The van der Waals surface area contributed by atoms with E-state index < -0.39 is 0 Å². The van der Waals surface area contributed by atoms with Gasteiger partial charge in [0.25, 0.3) is 0 Å². The van der Waals surface area contributed by atoms with Gasteiger partial charge in [0.1, 0.15) is 5.70 Å². The lowest BCUT2D eigenvalue weighted by atomic mass is 10.3. The van der Waals surface area contributed by atoms with Crippen molar-refractivity contribution in [3.8, 4) is 0 Å². The summed E-state index contributed by atoms with van der Waals surface area (Å²) in [7, 11) is 4.00. The zero-order valence-corrected chi connectivity index (χ0v) is 8.38. The smallest absolute Gasteiger partial charge is 0.238 e. The molecule has 2 heteroatoms. The molecule has 2 nitrogen and oxygen atoms in total. The average Bonchev–Trinajstić information content (AvgIpc) is 2.01. The molecule has 0 aromatic carbocycles. The lowest BCUT2D eigenvalue weighted by Crippen LogP contribution is -2.24. The second-order valence-corrected chi connectivity index (χ2v) is 2.97. The van der Waals surface area contributed by atoms with Crippen LogP contribution in [0.5, 0.6) is 0 Å². The van der Waals surface area contributed by atoms with Gasteiger partial charge in [-0.2, -0.15) is 0 Å². The quantitative estimate of drug-likeness (QED) is 0.261. The van der Waals surface area contributed by atoms with E-state index in [1.807, 2.05) is 25.0 Å². The molecule has 0 spiro atoms. The van der Waals surface area contributed by atoms with Gasteiger partial charge in [-0.3, -0.25) is 4.58 Å². The highest BCUT2D eigenvalue weighted by Gasteiger charge is 2.07. The van der Waals surface area contributed by atoms with Gasteiger partial charge in [-0.1, -0.05) is 20.1 Å². The maximum absolute atomic E-state index is 3.90. The van der Waals surface area contributed by atoms with Gasteiger partial charge in [0, 0.05) is 0 Å². The topological polar surface area (TPSA) is 6.25 Å². The number of hydrogen-bond donors (Lipinski definition) is 0. The molecule has 0 bridgehead atoms. The molecule has 0 aliphatic heterocycles. The first-order chi connectivity index (χ1) is 5.61. The van der Waals surface area contributed by atoms with Gasteiger partial charge in [-0.05, 0) is 12.5 Å². The van der Waals surface area contributed by atoms with E-state index in [9.17, 15) is 0 Å². The Labute approximate surface area is 75.5 Å². The molecule has 0 unspecified atom stereocenters. The Balaban J connectivity index is 4.32. The van der Waals surface area contributed by atoms with Crippen molar-refractivity contribution in [3.05, 3.63) is 24.9 Å². The van der Waals surface area contributed by atoms with Gasteiger partial charge in [0.05, 0.1) is 20.6 Å². The highest BCUT2D eigenvalue weighted by molar-refractivity contribution is 5.53. The Morgan fingerprint density at radius 3 is 2.42 bits per heavy atom. The van der Waals surface area contributed by atoms with Crippen molar-refractivity contribution in [2.45, 2.75) is 13.3 Å². The SMILES string of the molecule is C=CC(=C)N(C=[N+](C)C)CCC. The minimum absolute atomic E-state index is 0.950. The maximum Gasteiger partial charge on any atom is 0.238 e. The Morgan fingerprint density at radius 2 is 2.08 bits per heavy atom. The van der Waals surface area contributed by atoms with Crippen LogP contribution >= 0.6 is 0 Å². The highest BCUT2D eigenvalue weighted by Crippen LogP contribution is 2.00. The summed E-state index contributed by atoms with van der Waals surface area (Å²) in [6.07, 6.45) is 4.90. The van der Waals surface area contributed by atoms with Crippen LogP contribution in [0.2, 0.25) is 0 Å². The molecule has 12 heavy (non-hydrogen) atoms. The van der Waals surface area contributed by atoms with Crippen LogP contribution < -0.4 is 0 Å². The van der Waals surface area contributed by atoms with Crippen molar-refractivity contribution >= 4 is 6.34 Å². The Hall–Kier alpha value is -1.05. The summed E-state index contributed by atoms with van der Waals surface area (Å²) in [6, 6.07) is 0. The second kappa shape index (κ2) is 5.58. The molecule has 0 heterocycles. The first-order valence-electron chi connectivity index (χ1n) is 4.21. The van der Waals surface area contributed by atoms with Crippen LogP contribution in [0.3, 0.4) is 0 Å². The maximum atomic E-state index is 3.90. The lowest BCUT2D eigenvalue weighted by molar-refractivity contribution is -0.464. The molecule has 0 amide bonds. The fraction of sp³-hybridized carbons (Fsp3) is 0.500. The van der Waals surface area contributed by atoms with Gasteiger partial charge < -0.3 is 0 Å². The van der Waals surface area contributed by atoms with Crippen molar-refractivity contribution in [1.29, 1.82) is 0 Å². The standard InChI is InChI=1S/C10H19N2/c1-6-8-12(9-11(4)5)10(3)7-2/h7,9H,2-3,6,8H2,1,4-5H3/q+1. The number of nitrogens with zero attached hydrogens (tertiary/aromatic N) is 2. The van der Waals surface area contributed by atoms with Gasteiger partial charge in [0.15, 0.2) is 0 Å². The van der Waals surface area contributed by atoms with Crippen LogP contribution in [-0.2, 0) is 0 Å². The van der Waals surface area contributed by atoms with Gasteiger partial charge in [-0.25, -0.2) is 4.90 Å². The third kappa shape index (κ3) is 3.96. The molecule has 0 fully saturated rings. The van der Waals surface area contributed by atoms with Crippen molar-refractivity contribution in [1.82, 2.24) is 4.90 Å². The van der Waals surface area contributed by atoms with Gasteiger partial charge in [0.2, 0.25) is 6.34 Å². The van der Waals surface area contributed by atoms with E-state index in [0.717, 1.165) is 18.7 Å². The van der Waals surface area contributed by atoms with Crippen molar-refractivity contribution in [2.75, 3.05) is 20.6 Å². The molecule has 0 radical (unpaired) electrons. The molecule has 0 N–H and O–H groups in total. The predicted octanol–water partition coefficient (Wildman–Crippen LogP) is 1.70. The van der Waals surface area contributed by atoms with Crippen LogP contribution in [0.15, 0.2) is 24.9 Å². The molecule has 0 saturated carbocycles. The predicted molar refractivity (Wildman–Crippen MR) is 54.5 cm³/mol. The third-order valence-electron chi connectivity index (χ3n) is 1.44. The van der Waals surface area contributed by atoms with Gasteiger partial charge in [-0.15, -0.1) is 0 Å². The average molecular weight is 167 g/mol. The summed E-state index contributed by atoms with van der Waals surface area (Å²) in [5.41, 5.74) is 0.950. The van der Waals surface area contributed by atoms with Crippen LogP contribution in [0.1, 0.15) is 13.3 Å². The van der Waals surface area contributed by atoms with Gasteiger partial charge >= 0.3 is 0 Å². The van der Waals surface area contributed by atoms with E-state index in [-0.39, 0.29) is 0 Å². The van der Waals surface area contributed by atoms with E-state index in [2.05, 4.69) is 25.0 Å². The number of hydrogen-bond acceptors (Lipinski definition) is 0. The molecular formula is C10H19N2+. The number of rotatable bonds is 5. The Bertz CT molecular complexity index is 188. The summed E-state index contributed by atoms with van der Waals surface area (Å²) in [4.78, 5) is 2.09. The zero-order valence-electron chi connectivity index (χ0n) is 8.38. The molecule has 0 aromatic heterocycles. The minimum Gasteiger partial charge on any atom is -0.273 e. The largest absolute Gasteiger partial charge is 0.273 e. The summed E-state index contributed by atoms with van der Waals surface area (Å²) in [5.74, 6) is 0. The Kier molecular flexibility index (Phi) is 5.09. The molecule has 0 aliphatic carbocycles. The van der Waals surface area contributed by atoms with E-state index in [1.54, 1.807) is 6.08 Å². The fourth-order valence-corrected chi connectivity index (χ4v) is 0.912. The summed E-state index contributed by atoms with van der Waals surface area (Å²) in [5, 5.41) is 0. The van der Waals surface area contributed by atoms with Crippen LogP contribution in [0.4, 0.5) is 0 Å². The molecule has 0 aromatic rings. The highest BCUT2D eigenvalue weighted by atomic mass is 15.2. The second-order valence-electron chi connectivity index (χ2n) is 2.97.